The SMILES string of the molecule is COc1ccccc1C1CCCN1C(=O)[C@H]1CNC[C@@H]1c1cnn(C)c1. The van der Waals surface area contributed by atoms with Gasteiger partial charge in [-0.15, -0.1) is 0 Å². The zero-order chi connectivity index (χ0) is 18.1. The fourth-order valence-electron chi connectivity index (χ4n) is 4.43. The molecule has 3 heterocycles. The lowest BCUT2D eigenvalue weighted by atomic mass is 9.89. The second kappa shape index (κ2) is 7.11. The Kier molecular flexibility index (Phi) is 4.68. The highest BCUT2D eigenvalue weighted by Gasteiger charge is 2.41. The number of methoxy groups -OCH3 is 1. The number of aromatic nitrogens is 2. The van der Waals surface area contributed by atoms with Crippen molar-refractivity contribution in [2.24, 2.45) is 13.0 Å². The molecular formula is C20H26N4O2. The first-order valence-corrected chi connectivity index (χ1v) is 9.31. The monoisotopic (exact) mass is 354 g/mol. The van der Waals surface area contributed by atoms with Crippen LogP contribution in [0.5, 0.6) is 5.75 Å². The van der Waals surface area contributed by atoms with Gasteiger partial charge in [-0.05, 0) is 24.5 Å². The second-order valence-electron chi connectivity index (χ2n) is 7.25. The molecule has 0 radical (unpaired) electrons. The van der Waals surface area contributed by atoms with Crippen molar-refractivity contribution in [3.63, 3.8) is 0 Å². The smallest absolute Gasteiger partial charge is 0.228 e. The van der Waals surface area contributed by atoms with Gasteiger partial charge in [0.05, 0.1) is 25.3 Å². The Morgan fingerprint density at radius 3 is 2.92 bits per heavy atom. The van der Waals surface area contributed by atoms with Crippen LogP contribution in [0.1, 0.15) is 35.9 Å². The summed E-state index contributed by atoms with van der Waals surface area (Å²) < 4.78 is 7.35. The largest absolute Gasteiger partial charge is 0.496 e. The molecule has 2 aliphatic heterocycles. The number of likely N-dealkylation sites (tertiary alicyclic amines) is 1. The number of hydrogen-bond acceptors (Lipinski definition) is 4. The van der Waals surface area contributed by atoms with E-state index in [4.69, 9.17) is 4.74 Å². The summed E-state index contributed by atoms with van der Waals surface area (Å²) in [6, 6.07) is 8.16. The fourth-order valence-corrected chi connectivity index (χ4v) is 4.43. The molecule has 6 heteroatoms. The first kappa shape index (κ1) is 17.1. The van der Waals surface area contributed by atoms with E-state index in [0.29, 0.717) is 0 Å². The minimum atomic E-state index is -0.0329. The highest BCUT2D eigenvalue weighted by atomic mass is 16.5. The van der Waals surface area contributed by atoms with Crippen LogP contribution in [0.3, 0.4) is 0 Å². The summed E-state index contributed by atoms with van der Waals surface area (Å²) in [5, 5.41) is 7.69. The maximum absolute atomic E-state index is 13.4. The van der Waals surface area contributed by atoms with Crippen LogP contribution < -0.4 is 10.1 Å². The summed E-state index contributed by atoms with van der Waals surface area (Å²) >= 11 is 0. The number of rotatable bonds is 4. The highest BCUT2D eigenvalue weighted by molar-refractivity contribution is 5.81. The second-order valence-corrected chi connectivity index (χ2v) is 7.25. The molecule has 138 valence electrons. The lowest BCUT2D eigenvalue weighted by Gasteiger charge is -2.30. The van der Waals surface area contributed by atoms with Crippen LogP contribution in [0.2, 0.25) is 0 Å². The van der Waals surface area contributed by atoms with Gasteiger partial charge in [-0.1, -0.05) is 18.2 Å². The molecule has 26 heavy (non-hydrogen) atoms. The number of carbonyl (C=O) groups is 1. The van der Waals surface area contributed by atoms with Gasteiger partial charge in [0.25, 0.3) is 0 Å². The fraction of sp³-hybridized carbons (Fsp3) is 0.500. The predicted molar refractivity (Wildman–Crippen MR) is 99.0 cm³/mol. The Hall–Kier alpha value is -2.34. The van der Waals surface area contributed by atoms with Crippen molar-refractivity contribution in [3.05, 3.63) is 47.8 Å². The lowest BCUT2D eigenvalue weighted by Crippen LogP contribution is -2.38. The number of nitrogens with zero attached hydrogens (tertiary/aromatic N) is 3. The van der Waals surface area contributed by atoms with Crippen molar-refractivity contribution in [2.45, 2.75) is 24.8 Å². The molecule has 3 atom stereocenters. The number of hydrogen-bond donors (Lipinski definition) is 1. The van der Waals surface area contributed by atoms with Gasteiger partial charge in [-0.2, -0.15) is 5.10 Å². The van der Waals surface area contributed by atoms with Crippen molar-refractivity contribution in [1.82, 2.24) is 20.0 Å². The van der Waals surface area contributed by atoms with Crippen molar-refractivity contribution in [3.8, 4) is 5.75 Å². The van der Waals surface area contributed by atoms with Crippen LogP contribution in [-0.2, 0) is 11.8 Å². The van der Waals surface area contributed by atoms with Crippen LogP contribution >= 0.6 is 0 Å². The normalized spacial score (nSPS) is 25.6. The van der Waals surface area contributed by atoms with Crippen molar-refractivity contribution >= 4 is 5.91 Å². The molecule has 0 spiro atoms. The van der Waals surface area contributed by atoms with E-state index in [1.165, 1.54) is 0 Å². The third kappa shape index (κ3) is 2.98. The predicted octanol–water partition coefficient (Wildman–Crippen LogP) is 2.10. The van der Waals surface area contributed by atoms with Gasteiger partial charge in [0.2, 0.25) is 5.91 Å². The average molecular weight is 354 g/mol. The third-order valence-electron chi connectivity index (χ3n) is 5.72. The van der Waals surface area contributed by atoms with Gasteiger partial charge >= 0.3 is 0 Å². The number of ether oxygens (including phenoxy) is 1. The van der Waals surface area contributed by atoms with Gasteiger partial charge in [0.15, 0.2) is 0 Å². The van der Waals surface area contributed by atoms with Gasteiger partial charge in [0.1, 0.15) is 5.75 Å². The molecule has 4 rings (SSSR count). The Morgan fingerprint density at radius 2 is 2.15 bits per heavy atom. The minimum absolute atomic E-state index is 0.0329. The van der Waals surface area contributed by atoms with Gasteiger partial charge in [0, 0.05) is 44.4 Å². The molecule has 2 fully saturated rings. The van der Waals surface area contributed by atoms with Crippen molar-refractivity contribution in [2.75, 3.05) is 26.7 Å². The summed E-state index contributed by atoms with van der Waals surface area (Å²) in [5.41, 5.74) is 2.26. The van der Waals surface area contributed by atoms with E-state index in [1.807, 2.05) is 42.3 Å². The molecule has 1 amide bonds. The quantitative estimate of drug-likeness (QED) is 0.913. The lowest BCUT2D eigenvalue weighted by molar-refractivity contribution is -0.136. The number of para-hydroxylation sites is 1. The molecule has 0 saturated carbocycles. The summed E-state index contributed by atoms with van der Waals surface area (Å²) in [6.07, 6.45) is 5.94. The first-order chi connectivity index (χ1) is 12.7. The zero-order valence-corrected chi connectivity index (χ0v) is 15.4. The topological polar surface area (TPSA) is 59.4 Å². The maximum atomic E-state index is 13.4. The minimum Gasteiger partial charge on any atom is -0.496 e. The number of aryl methyl sites for hydroxylation is 1. The Bertz CT molecular complexity index is 788. The molecule has 1 N–H and O–H groups in total. The molecule has 0 bridgehead atoms. The Morgan fingerprint density at radius 1 is 1.31 bits per heavy atom. The van der Waals surface area contributed by atoms with E-state index in [1.54, 1.807) is 7.11 Å². The Labute approximate surface area is 154 Å². The summed E-state index contributed by atoms with van der Waals surface area (Å²) in [6.45, 7) is 2.38. The number of nitrogens with one attached hydrogen (secondary N) is 1. The standard InChI is InChI=1S/C20H26N4O2/c1-23-13-14(10-22-23)16-11-21-12-17(16)20(25)24-9-5-7-18(24)15-6-3-4-8-19(15)26-2/h3-4,6,8,10,13,16-18,21H,5,7,9,11-12H2,1-2H3/t16-,17+,18?/m1/s1. The number of amides is 1. The van der Waals surface area contributed by atoms with E-state index < -0.39 is 0 Å². The molecule has 1 aromatic heterocycles. The number of carbonyl (C=O) groups excluding carboxylic acids is 1. The summed E-state index contributed by atoms with van der Waals surface area (Å²) in [7, 11) is 3.61. The molecule has 0 aliphatic carbocycles. The van der Waals surface area contributed by atoms with Crippen LogP contribution in [0.25, 0.3) is 0 Å². The van der Waals surface area contributed by atoms with E-state index in [2.05, 4.69) is 21.4 Å². The average Bonchev–Trinajstić information content (AvgIpc) is 3.40. The molecule has 2 saturated heterocycles. The molecule has 2 aliphatic rings. The molecule has 1 unspecified atom stereocenters. The van der Waals surface area contributed by atoms with E-state index in [0.717, 1.165) is 49.4 Å². The summed E-state index contributed by atoms with van der Waals surface area (Å²) in [4.78, 5) is 15.5. The maximum Gasteiger partial charge on any atom is 0.228 e. The first-order valence-electron chi connectivity index (χ1n) is 9.31. The number of benzene rings is 1. The van der Waals surface area contributed by atoms with Crippen molar-refractivity contribution < 1.29 is 9.53 Å². The third-order valence-corrected chi connectivity index (χ3v) is 5.72. The molecule has 1 aromatic carbocycles. The zero-order valence-electron chi connectivity index (χ0n) is 15.4. The van der Waals surface area contributed by atoms with Gasteiger partial charge in [-0.3, -0.25) is 9.48 Å². The van der Waals surface area contributed by atoms with E-state index >= 15 is 0 Å². The van der Waals surface area contributed by atoms with Crippen LogP contribution in [0.15, 0.2) is 36.7 Å². The molecule has 2 aromatic rings. The van der Waals surface area contributed by atoms with Crippen LogP contribution in [-0.4, -0.2) is 47.3 Å². The van der Waals surface area contributed by atoms with Gasteiger partial charge in [-0.25, -0.2) is 0 Å². The van der Waals surface area contributed by atoms with Crippen molar-refractivity contribution in [1.29, 1.82) is 0 Å². The van der Waals surface area contributed by atoms with E-state index in [-0.39, 0.29) is 23.8 Å². The van der Waals surface area contributed by atoms with Crippen LogP contribution in [0.4, 0.5) is 0 Å². The molecular weight excluding hydrogens is 328 g/mol. The Balaban J connectivity index is 1.58. The summed E-state index contributed by atoms with van der Waals surface area (Å²) in [5.74, 6) is 1.27. The molecule has 6 nitrogen and oxygen atoms in total. The van der Waals surface area contributed by atoms with E-state index in [9.17, 15) is 4.79 Å². The highest BCUT2D eigenvalue weighted by Crippen LogP contribution is 2.39. The van der Waals surface area contributed by atoms with Gasteiger partial charge < -0.3 is 15.0 Å². The van der Waals surface area contributed by atoms with Crippen LogP contribution in [0, 0.1) is 5.92 Å².